The number of hydrogen-bond acceptors (Lipinski definition) is 3. The minimum Gasteiger partial charge on any atom is -0.390 e. The molecule has 0 unspecified atom stereocenters. The molecule has 3 rings (SSSR count). The van der Waals surface area contributed by atoms with E-state index in [1.54, 1.807) is 0 Å². The summed E-state index contributed by atoms with van der Waals surface area (Å²) in [6.07, 6.45) is 6.04. The molecule has 0 aliphatic heterocycles. The number of rotatable bonds is 3. The highest BCUT2D eigenvalue weighted by Crippen LogP contribution is 2.35. The van der Waals surface area contributed by atoms with E-state index in [1.165, 1.54) is 19.3 Å². The van der Waals surface area contributed by atoms with Gasteiger partial charge in [-0.3, -0.25) is 0 Å². The maximum atomic E-state index is 9.57. The third-order valence-corrected chi connectivity index (χ3v) is 4.73. The molecule has 1 aliphatic rings. The highest BCUT2D eigenvalue weighted by atomic mass is 35.5. The number of halogens is 1. The number of aryl methyl sites for hydroxylation is 1. The number of benzene rings is 1. The monoisotopic (exact) mass is 305 g/mol. The first-order valence-corrected chi connectivity index (χ1v) is 7.90. The third kappa shape index (κ3) is 2.83. The van der Waals surface area contributed by atoms with Gasteiger partial charge in [0.1, 0.15) is 5.69 Å². The first-order chi connectivity index (χ1) is 10.2. The van der Waals surface area contributed by atoms with Gasteiger partial charge in [-0.2, -0.15) is 0 Å². The SMILES string of the molecule is Cc1ccc(-n2nnc(CO)c2C2CCCCC2)cc1Cl. The minimum atomic E-state index is -0.0641. The average Bonchev–Trinajstić information content (AvgIpc) is 2.95. The Labute approximate surface area is 129 Å². The number of aromatic nitrogens is 3. The van der Waals surface area contributed by atoms with E-state index in [1.807, 2.05) is 29.8 Å². The van der Waals surface area contributed by atoms with Crippen LogP contribution in [-0.4, -0.2) is 20.1 Å². The van der Waals surface area contributed by atoms with Crippen molar-refractivity contribution >= 4 is 11.6 Å². The van der Waals surface area contributed by atoms with Gasteiger partial charge in [0.2, 0.25) is 0 Å². The summed E-state index contributed by atoms with van der Waals surface area (Å²) in [5.74, 6) is 0.427. The lowest BCUT2D eigenvalue weighted by atomic mass is 9.86. The number of hydrogen-bond donors (Lipinski definition) is 1. The van der Waals surface area contributed by atoms with Gasteiger partial charge in [-0.25, -0.2) is 4.68 Å². The van der Waals surface area contributed by atoms with Crippen molar-refractivity contribution in [2.75, 3.05) is 0 Å². The smallest absolute Gasteiger partial charge is 0.112 e. The van der Waals surface area contributed by atoms with Crippen LogP contribution < -0.4 is 0 Å². The standard InChI is InChI=1S/C16H20ClN3O/c1-11-7-8-13(9-14(11)17)20-16(15(10-21)18-19-20)12-5-3-2-4-6-12/h7-9,12,21H,2-6,10H2,1H3. The third-order valence-electron chi connectivity index (χ3n) is 4.32. The van der Waals surface area contributed by atoms with Crippen molar-refractivity contribution in [2.45, 2.75) is 51.6 Å². The van der Waals surface area contributed by atoms with Crippen molar-refractivity contribution < 1.29 is 5.11 Å². The molecule has 2 aromatic rings. The molecular weight excluding hydrogens is 286 g/mol. The van der Waals surface area contributed by atoms with Crippen LogP contribution in [0.25, 0.3) is 5.69 Å². The van der Waals surface area contributed by atoms with Crippen LogP contribution in [0.1, 0.15) is 55.0 Å². The van der Waals surface area contributed by atoms with Gasteiger partial charge >= 0.3 is 0 Å². The van der Waals surface area contributed by atoms with Crippen molar-refractivity contribution in [2.24, 2.45) is 0 Å². The first kappa shape index (κ1) is 14.5. The molecule has 112 valence electrons. The fourth-order valence-corrected chi connectivity index (χ4v) is 3.30. The molecule has 1 saturated carbocycles. The van der Waals surface area contributed by atoms with Crippen LogP contribution in [0.5, 0.6) is 0 Å². The largest absolute Gasteiger partial charge is 0.390 e. The molecule has 1 aromatic heterocycles. The molecule has 21 heavy (non-hydrogen) atoms. The van der Waals surface area contributed by atoms with E-state index < -0.39 is 0 Å². The van der Waals surface area contributed by atoms with Crippen LogP contribution >= 0.6 is 11.6 Å². The fraction of sp³-hybridized carbons (Fsp3) is 0.500. The molecule has 0 saturated heterocycles. The fourth-order valence-electron chi connectivity index (χ4n) is 3.12. The van der Waals surface area contributed by atoms with Crippen LogP contribution in [0.2, 0.25) is 5.02 Å². The Morgan fingerprint density at radius 2 is 2.05 bits per heavy atom. The van der Waals surface area contributed by atoms with E-state index in [0.717, 1.165) is 34.8 Å². The van der Waals surface area contributed by atoms with Gasteiger partial charge in [0.15, 0.2) is 0 Å². The van der Waals surface area contributed by atoms with Gasteiger partial charge in [0, 0.05) is 10.9 Å². The predicted octanol–water partition coefficient (Wildman–Crippen LogP) is 3.77. The molecule has 0 amide bonds. The molecule has 0 spiro atoms. The van der Waals surface area contributed by atoms with Crippen LogP contribution in [0, 0.1) is 6.92 Å². The van der Waals surface area contributed by atoms with Crippen molar-refractivity contribution in [3.63, 3.8) is 0 Å². The summed E-state index contributed by atoms with van der Waals surface area (Å²) in [6, 6.07) is 5.91. The van der Waals surface area contributed by atoms with Gasteiger partial charge in [-0.15, -0.1) is 5.10 Å². The Bertz CT molecular complexity index is 632. The predicted molar refractivity (Wildman–Crippen MR) is 82.9 cm³/mol. The normalized spacial score (nSPS) is 16.3. The molecule has 1 fully saturated rings. The van der Waals surface area contributed by atoms with Crippen LogP contribution in [-0.2, 0) is 6.61 Å². The molecule has 5 heteroatoms. The summed E-state index contributed by atoms with van der Waals surface area (Å²) in [4.78, 5) is 0. The van der Waals surface area contributed by atoms with E-state index in [2.05, 4.69) is 10.3 Å². The topological polar surface area (TPSA) is 50.9 Å². The zero-order valence-electron chi connectivity index (χ0n) is 12.2. The minimum absolute atomic E-state index is 0.0641. The molecule has 1 N–H and O–H groups in total. The number of nitrogens with zero attached hydrogens (tertiary/aromatic N) is 3. The maximum Gasteiger partial charge on any atom is 0.112 e. The van der Waals surface area contributed by atoms with Gasteiger partial charge < -0.3 is 5.11 Å². The number of aliphatic hydroxyl groups is 1. The van der Waals surface area contributed by atoms with E-state index >= 15 is 0 Å². The summed E-state index contributed by atoms with van der Waals surface area (Å²) in [5, 5.41) is 18.7. The van der Waals surface area contributed by atoms with Gasteiger partial charge in [-0.05, 0) is 37.5 Å². The Hall–Kier alpha value is -1.39. The lowest BCUT2D eigenvalue weighted by Gasteiger charge is -2.23. The zero-order valence-corrected chi connectivity index (χ0v) is 13.0. The Morgan fingerprint density at radius 1 is 1.29 bits per heavy atom. The van der Waals surface area contributed by atoms with Crippen LogP contribution in [0.15, 0.2) is 18.2 Å². The molecule has 0 atom stereocenters. The molecule has 1 aromatic carbocycles. The van der Waals surface area contributed by atoms with E-state index in [-0.39, 0.29) is 6.61 Å². The van der Waals surface area contributed by atoms with Gasteiger partial charge in [0.25, 0.3) is 0 Å². The highest BCUT2D eigenvalue weighted by molar-refractivity contribution is 6.31. The summed E-state index contributed by atoms with van der Waals surface area (Å²) in [7, 11) is 0. The second kappa shape index (κ2) is 6.16. The Balaban J connectivity index is 2.05. The summed E-state index contributed by atoms with van der Waals surface area (Å²) < 4.78 is 1.85. The van der Waals surface area contributed by atoms with E-state index in [4.69, 9.17) is 11.6 Å². The molecule has 1 heterocycles. The van der Waals surface area contributed by atoms with Crippen molar-refractivity contribution in [1.29, 1.82) is 0 Å². The second-order valence-corrected chi connectivity index (χ2v) is 6.17. The molecular formula is C16H20ClN3O. The first-order valence-electron chi connectivity index (χ1n) is 7.52. The van der Waals surface area contributed by atoms with Gasteiger partial charge in [-0.1, -0.05) is 42.1 Å². The summed E-state index contributed by atoms with van der Waals surface area (Å²) >= 11 is 6.23. The van der Waals surface area contributed by atoms with Crippen molar-refractivity contribution in [3.8, 4) is 5.69 Å². The lowest BCUT2D eigenvalue weighted by Crippen LogP contribution is -2.13. The Kier molecular flexibility index (Phi) is 4.27. The molecule has 1 aliphatic carbocycles. The van der Waals surface area contributed by atoms with E-state index in [0.29, 0.717) is 11.6 Å². The summed E-state index contributed by atoms with van der Waals surface area (Å²) in [6.45, 7) is 1.92. The van der Waals surface area contributed by atoms with Crippen molar-refractivity contribution in [3.05, 3.63) is 40.2 Å². The lowest BCUT2D eigenvalue weighted by molar-refractivity contribution is 0.273. The van der Waals surface area contributed by atoms with Crippen LogP contribution in [0.3, 0.4) is 0 Å². The molecule has 0 radical (unpaired) electrons. The van der Waals surface area contributed by atoms with Crippen LogP contribution in [0.4, 0.5) is 0 Å². The summed E-state index contributed by atoms with van der Waals surface area (Å²) in [5.41, 5.74) is 3.70. The highest BCUT2D eigenvalue weighted by Gasteiger charge is 2.24. The quantitative estimate of drug-likeness (QED) is 0.939. The Morgan fingerprint density at radius 3 is 2.71 bits per heavy atom. The second-order valence-electron chi connectivity index (χ2n) is 5.76. The number of aliphatic hydroxyl groups excluding tert-OH is 1. The average molecular weight is 306 g/mol. The molecule has 4 nitrogen and oxygen atoms in total. The van der Waals surface area contributed by atoms with E-state index in [9.17, 15) is 5.11 Å². The van der Waals surface area contributed by atoms with Gasteiger partial charge in [0.05, 0.1) is 18.0 Å². The molecule has 0 bridgehead atoms. The maximum absolute atomic E-state index is 9.57. The van der Waals surface area contributed by atoms with Crippen molar-refractivity contribution in [1.82, 2.24) is 15.0 Å². The zero-order chi connectivity index (χ0) is 14.8.